The van der Waals surface area contributed by atoms with Crippen molar-refractivity contribution in [2.45, 2.75) is 133 Å². The van der Waals surface area contributed by atoms with Gasteiger partial charge in [-0.3, -0.25) is 43.2 Å². The third-order valence-electron chi connectivity index (χ3n) is 13.5. The second-order valence-electron chi connectivity index (χ2n) is 18.6. The second kappa shape index (κ2) is 23.3. The number of amides is 9. The minimum absolute atomic E-state index is 0.0299. The Morgan fingerprint density at radius 1 is 0.757 bits per heavy atom. The average Bonchev–Trinajstić information content (AvgIpc) is 3.98. The molecule has 19 heteroatoms. The van der Waals surface area contributed by atoms with E-state index in [1.165, 1.54) is 16.7 Å². The van der Waals surface area contributed by atoms with Crippen molar-refractivity contribution in [2.24, 2.45) is 5.73 Å². The van der Waals surface area contributed by atoms with Gasteiger partial charge in [0.1, 0.15) is 42.3 Å². The number of fused-ring (bicyclic) bond motifs is 4. The zero-order valence-electron chi connectivity index (χ0n) is 39.7. The first-order valence-electron chi connectivity index (χ1n) is 24.4. The summed E-state index contributed by atoms with van der Waals surface area (Å²) in [4.78, 5) is 130. The van der Waals surface area contributed by atoms with Crippen LogP contribution in [0.15, 0.2) is 72.9 Å². The fraction of sp³-hybridized carbons (Fsp3) is 0.471. The van der Waals surface area contributed by atoms with Crippen molar-refractivity contribution in [3.63, 3.8) is 0 Å². The van der Waals surface area contributed by atoms with Gasteiger partial charge >= 0.3 is 0 Å². The summed E-state index contributed by atoms with van der Waals surface area (Å²) in [6.07, 6.45) is 4.66. The van der Waals surface area contributed by atoms with Gasteiger partial charge in [-0.2, -0.15) is 0 Å². The van der Waals surface area contributed by atoms with Crippen LogP contribution in [0.2, 0.25) is 0 Å². The molecular weight excluding hydrogens is 897 g/mol. The first-order valence-corrected chi connectivity index (χ1v) is 24.4. The van der Waals surface area contributed by atoms with E-state index in [4.69, 9.17) is 5.73 Å². The molecule has 7 atom stereocenters. The van der Waals surface area contributed by atoms with Crippen molar-refractivity contribution in [1.82, 2.24) is 46.7 Å². The standard InChI is InChI=1S/C51H64N10O9/c1-3-4-15-38(55-30(2)62)46(65)58-41-28-44(63)53-22-10-9-17-37(45(52)64)56-47(66)39(27-34-29-54-36-16-8-7-14-35(34)36)57-48(67)42-18-11-23-60(42)50(69)40(59-49(68)43-21-24-61(43)51(41)70)26-31-19-20-32-12-5-6-13-33(32)25-31/h5-8,12-14,16,19-20,25,29,37-43,54H,3-4,9-11,15,17-18,21-24,26-28H2,1-2H3,(H2,52,64)(H,53,63)(H,55,62)(H,56,66)(H,57,67)(H,58,65)(H,59,68)/t37-,38-,39-,40+,41-,42-,43-/m0/s1. The molecule has 0 saturated carbocycles. The number of nitrogens with one attached hydrogen (secondary N) is 7. The van der Waals surface area contributed by atoms with Gasteiger partial charge in [0.2, 0.25) is 53.2 Å². The number of hydrogen-bond donors (Lipinski definition) is 8. The van der Waals surface area contributed by atoms with E-state index in [0.29, 0.717) is 25.7 Å². The Bertz CT molecular complexity index is 2620. The number of unbranched alkanes of at least 4 members (excludes halogenated alkanes) is 1. The number of rotatable bonds is 11. The Hall–Kier alpha value is -7.31. The van der Waals surface area contributed by atoms with Gasteiger partial charge in [0.05, 0.1) is 6.42 Å². The van der Waals surface area contributed by atoms with Crippen LogP contribution in [0.3, 0.4) is 0 Å². The van der Waals surface area contributed by atoms with Crippen molar-refractivity contribution in [3.8, 4) is 0 Å². The van der Waals surface area contributed by atoms with Crippen molar-refractivity contribution in [2.75, 3.05) is 19.6 Å². The smallest absolute Gasteiger partial charge is 0.246 e. The molecule has 0 bridgehead atoms. The highest BCUT2D eigenvalue weighted by atomic mass is 16.2. The lowest BCUT2D eigenvalue weighted by Gasteiger charge is -2.42. The SMILES string of the molecule is CCCC[C@H](NC(C)=O)C(=O)N[C@H]1CC(=O)NCCCC[C@@H](C(N)=O)NC(=O)[C@H](Cc2c[nH]c3ccccc23)NC(=O)[C@@H]2CCCN2C(=O)[C@@H](Cc2ccc3ccccc3c2)NC(=O)[C@@H]2CCN2C1=O. The van der Waals surface area contributed by atoms with Crippen LogP contribution in [0.1, 0.15) is 89.2 Å². The van der Waals surface area contributed by atoms with Gasteiger partial charge in [0.25, 0.3) is 0 Å². The molecule has 7 rings (SSSR count). The minimum Gasteiger partial charge on any atom is -0.368 e. The van der Waals surface area contributed by atoms with E-state index in [1.54, 1.807) is 6.20 Å². The first-order chi connectivity index (χ1) is 33.7. The summed E-state index contributed by atoms with van der Waals surface area (Å²) < 4.78 is 0. The van der Waals surface area contributed by atoms with Crippen molar-refractivity contribution in [3.05, 3.63) is 84.1 Å². The molecule has 372 valence electrons. The molecule has 0 aliphatic carbocycles. The van der Waals surface area contributed by atoms with Crippen molar-refractivity contribution in [1.29, 1.82) is 0 Å². The molecule has 0 radical (unpaired) electrons. The zero-order chi connectivity index (χ0) is 49.9. The molecule has 3 fully saturated rings. The van der Waals surface area contributed by atoms with Crippen LogP contribution in [0, 0.1) is 0 Å². The van der Waals surface area contributed by atoms with Crippen LogP contribution in [0.5, 0.6) is 0 Å². The molecule has 3 aromatic carbocycles. The molecule has 4 aromatic rings. The lowest BCUT2D eigenvalue weighted by molar-refractivity contribution is -0.152. The molecule has 0 unspecified atom stereocenters. The number of aromatic nitrogens is 1. The first kappa shape index (κ1) is 50.6. The molecule has 70 heavy (non-hydrogen) atoms. The number of H-pyrrole nitrogens is 1. The number of primary amides is 1. The number of nitrogens with zero attached hydrogens (tertiary/aromatic N) is 2. The molecule has 3 aliphatic heterocycles. The van der Waals surface area contributed by atoms with E-state index in [2.05, 4.69) is 36.9 Å². The van der Waals surface area contributed by atoms with Crippen molar-refractivity contribution < 1.29 is 43.2 Å². The normalized spacial score (nSPS) is 23.7. The van der Waals surface area contributed by atoms with Crippen LogP contribution < -0.4 is 37.6 Å². The van der Waals surface area contributed by atoms with Gasteiger partial charge in [-0.15, -0.1) is 0 Å². The van der Waals surface area contributed by atoms with Gasteiger partial charge in [0.15, 0.2) is 0 Å². The molecule has 4 heterocycles. The third-order valence-corrected chi connectivity index (χ3v) is 13.5. The minimum atomic E-state index is -1.42. The predicted octanol–water partition coefficient (Wildman–Crippen LogP) is 1.51. The monoisotopic (exact) mass is 960 g/mol. The molecule has 19 nitrogen and oxygen atoms in total. The highest BCUT2D eigenvalue weighted by molar-refractivity contribution is 6.00. The predicted molar refractivity (Wildman–Crippen MR) is 260 cm³/mol. The van der Waals surface area contributed by atoms with Crippen LogP contribution in [-0.2, 0) is 56.0 Å². The fourth-order valence-electron chi connectivity index (χ4n) is 9.61. The molecule has 3 saturated heterocycles. The maximum atomic E-state index is 14.9. The number of benzene rings is 3. The van der Waals surface area contributed by atoms with E-state index in [-0.39, 0.29) is 58.2 Å². The lowest BCUT2D eigenvalue weighted by atomic mass is 9.97. The number of carbonyl (C=O) groups excluding carboxylic acids is 9. The summed E-state index contributed by atoms with van der Waals surface area (Å²) in [6, 6.07) is 12.9. The van der Waals surface area contributed by atoms with Crippen LogP contribution in [0.4, 0.5) is 0 Å². The van der Waals surface area contributed by atoms with E-state index in [9.17, 15) is 43.2 Å². The van der Waals surface area contributed by atoms with E-state index >= 15 is 0 Å². The third kappa shape index (κ3) is 12.5. The number of para-hydroxylation sites is 1. The maximum absolute atomic E-state index is 14.9. The van der Waals surface area contributed by atoms with Crippen LogP contribution in [-0.4, -0.2) is 130 Å². The molecule has 3 aliphatic rings. The molecule has 1 aromatic heterocycles. The lowest BCUT2D eigenvalue weighted by Crippen LogP contribution is -2.65. The average molecular weight is 961 g/mol. The Kier molecular flexibility index (Phi) is 16.9. The summed E-state index contributed by atoms with van der Waals surface area (Å²) >= 11 is 0. The maximum Gasteiger partial charge on any atom is 0.246 e. The number of nitrogens with two attached hydrogens (primary N) is 1. The van der Waals surface area contributed by atoms with Crippen LogP contribution >= 0.6 is 0 Å². The number of aromatic amines is 1. The van der Waals surface area contributed by atoms with E-state index in [1.807, 2.05) is 73.7 Å². The van der Waals surface area contributed by atoms with Gasteiger partial charge in [-0.25, -0.2) is 0 Å². The largest absolute Gasteiger partial charge is 0.368 e. The number of carbonyl (C=O) groups is 9. The van der Waals surface area contributed by atoms with Gasteiger partial charge in [0, 0.05) is 56.5 Å². The summed E-state index contributed by atoms with van der Waals surface area (Å²) in [7, 11) is 0. The molecule has 9 amide bonds. The second-order valence-corrected chi connectivity index (χ2v) is 18.6. The molecule has 9 N–H and O–H groups in total. The van der Waals surface area contributed by atoms with Crippen LogP contribution in [0.25, 0.3) is 21.7 Å². The Morgan fingerprint density at radius 2 is 1.47 bits per heavy atom. The quantitative estimate of drug-likeness (QED) is 0.108. The highest BCUT2D eigenvalue weighted by Gasteiger charge is 2.44. The van der Waals surface area contributed by atoms with Crippen molar-refractivity contribution >= 4 is 74.8 Å². The van der Waals surface area contributed by atoms with Gasteiger partial charge < -0.3 is 52.4 Å². The highest BCUT2D eigenvalue weighted by Crippen LogP contribution is 2.25. The molecular formula is C51H64N10O9. The number of hydrogen-bond acceptors (Lipinski definition) is 9. The Balaban J connectivity index is 1.20. The van der Waals surface area contributed by atoms with Gasteiger partial charge in [-0.05, 0) is 72.9 Å². The summed E-state index contributed by atoms with van der Waals surface area (Å²) in [5.41, 5.74) is 8.07. The summed E-state index contributed by atoms with van der Waals surface area (Å²) in [5, 5.41) is 19.3. The fourth-order valence-corrected chi connectivity index (χ4v) is 9.61. The topological polar surface area (TPSA) is 274 Å². The zero-order valence-corrected chi connectivity index (χ0v) is 39.7. The summed E-state index contributed by atoms with van der Waals surface area (Å²) in [5.74, 6) is -5.62. The van der Waals surface area contributed by atoms with E-state index < -0.39 is 102 Å². The van der Waals surface area contributed by atoms with Gasteiger partial charge in [-0.1, -0.05) is 80.4 Å². The summed E-state index contributed by atoms with van der Waals surface area (Å²) in [6.45, 7) is 3.62. The Labute approximate surface area is 406 Å². The van der Waals surface area contributed by atoms with E-state index in [0.717, 1.165) is 39.2 Å². The Morgan fingerprint density at radius 3 is 2.20 bits per heavy atom. The molecule has 0 spiro atoms.